The molecule has 0 bridgehead atoms. The first-order chi connectivity index (χ1) is 13.2. The number of hydrogen-bond acceptors (Lipinski definition) is 9. The zero-order valence-electron chi connectivity index (χ0n) is 14.6. The third-order valence-electron chi connectivity index (χ3n) is 4.64. The number of hydrogen-bond donors (Lipinski definition) is 1. The quantitative estimate of drug-likeness (QED) is 0.754. The minimum absolute atomic E-state index is 0.0883. The van der Waals surface area contributed by atoms with Crippen LogP contribution in [-0.2, 0) is 4.79 Å². The van der Waals surface area contributed by atoms with Gasteiger partial charge in [-0.15, -0.1) is 10.2 Å². The summed E-state index contributed by atoms with van der Waals surface area (Å²) < 4.78 is 0.850. The molecule has 1 unspecified atom stereocenters. The zero-order valence-corrected chi connectivity index (χ0v) is 17.1. The van der Waals surface area contributed by atoms with Crippen molar-refractivity contribution in [3.8, 4) is 6.07 Å². The van der Waals surface area contributed by atoms with Gasteiger partial charge in [-0.05, 0) is 41.0 Å². The van der Waals surface area contributed by atoms with E-state index in [4.69, 9.17) is 5.73 Å². The number of aromatic nitrogens is 2. The number of Topliss-reactive ketones (excluding diaryl/α,β-unsaturated/α-hetero) is 1. The van der Waals surface area contributed by atoms with Gasteiger partial charge in [0.15, 0.2) is 10.1 Å². The summed E-state index contributed by atoms with van der Waals surface area (Å²) in [5.74, 6) is 0.949. The van der Waals surface area contributed by atoms with Crippen LogP contribution in [0.5, 0.6) is 0 Å². The molecule has 138 valence electrons. The Balaban J connectivity index is 1.90. The number of nitrogens with zero attached hydrogens (tertiary/aromatic N) is 4. The molecular formula is C18H17N5OS3. The van der Waals surface area contributed by atoms with Gasteiger partial charge in [0, 0.05) is 17.7 Å². The van der Waals surface area contributed by atoms with Crippen molar-refractivity contribution in [2.24, 2.45) is 5.73 Å². The Hall–Kier alpha value is -2.15. The van der Waals surface area contributed by atoms with Crippen LogP contribution in [0.15, 0.2) is 43.8 Å². The highest BCUT2D eigenvalue weighted by atomic mass is 32.2. The van der Waals surface area contributed by atoms with Crippen molar-refractivity contribution in [1.29, 1.82) is 5.26 Å². The van der Waals surface area contributed by atoms with E-state index in [-0.39, 0.29) is 5.78 Å². The number of nitrogens with two attached hydrogens (primary N) is 1. The average molecular weight is 416 g/mol. The monoisotopic (exact) mass is 415 g/mol. The fourth-order valence-corrected chi connectivity index (χ4v) is 6.02. The van der Waals surface area contributed by atoms with Crippen LogP contribution in [0.1, 0.15) is 37.7 Å². The zero-order chi connectivity index (χ0) is 19.0. The molecule has 0 radical (unpaired) electrons. The number of nitriles is 1. The lowest BCUT2D eigenvalue weighted by molar-refractivity contribution is -0.116. The number of thiophene rings is 1. The molecule has 0 amide bonds. The van der Waals surface area contributed by atoms with Crippen molar-refractivity contribution in [2.75, 3.05) is 10.7 Å². The maximum atomic E-state index is 12.9. The summed E-state index contributed by atoms with van der Waals surface area (Å²) >= 11 is 4.60. The Labute approximate surface area is 169 Å². The van der Waals surface area contributed by atoms with Gasteiger partial charge in [0.25, 0.3) is 0 Å². The Morgan fingerprint density at radius 3 is 3.00 bits per heavy atom. The van der Waals surface area contributed by atoms with Crippen LogP contribution in [0, 0.1) is 11.3 Å². The van der Waals surface area contributed by atoms with Crippen molar-refractivity contribution in [3.63, 3.8) is 0 Å². The molecule has 1 aliphatic heterocycles. The summed E-state index contributed by atoms with van der Waals surface area (Å²) in [6, 6.07) is 4.22. The van der Waals surface area contributed by atoms with Crippen molar-refractivity contribution >= 4 is 45.4 Å². The van der Waals surface area contributed by atoms with Crippen LogP contribution in [0.25, 0.3) is 0 Å². The van der Waals surface area contributed by atoms with Crippen molar-refractivity contribution in [1.82, 2.24) is 10.2 Å². The predicted octanol–water partition coefficient (Wildman–Crippen LogP) is 4.02. The molecule has 0 saturated heterocycles. The molecule has 0 saturated carbocycles. The summed E-state index contributed by atoms with van der Waals surface area (Å²) in [6.07, 6.45) is 2.00. The predicted molar refractivity (Wildman–Crippen MR) is 109 cm³/mol. The topological polar surface area (TPSA) is 95.9 Å². The van der Waals surface area contributed by atoms with Gasteiger partial charge >= 0.3 is 0 Å². The standard InChI is InChI=1S/C18H17N5OS3/c1-2-26-18-22-21-17(27-18)23-12-4-3-5-13(24)15(12)14(10-6-7-25-9-10)11(8-19)16(23)20/h6-7,9,14H,2-5,20H2,1H3. The number of anilines is 1. The first kappa shape index (κ1) is 18.2. The number of rotatable bonds is 4. The Morgan fingerprint density at radius 2 is 2.30 bits per heavy atom. The molecule has 3 heterocycles. The van der Waals surface area contributed by atoms with Crippen molar-refractivity contribution in [2.45, 2.75) is 36.4 Å². The molecule has 2 aliphatic rings. The molecule has 9 heteroatoms. The molecule has 4 rings (SSSR count). The largest absolute Gasteiger partial charge is 0.384 e. The van der Waals surface area contributed by atoms with E-state index < -0.39 is 5.92 Å². The smallest absolute Gasteiger partial charge is 0.219 e. The van der Waals surface area contributed by atoms with E-state index in [0.717, 1.165) is 34.2 Å². The maximum Gasteiger partial charge on any atom is 0.219 e. The third-order valence-corrected chi connectivity index (χ3v) is 7.27. The minimum atomic E-state index is -0.391. The van der Waals surface area contributed by atoms with Gasteiger partial charge in [-0.1, -0.05) is 30.0 Å². The van der Waals surface area contributed by atoms with Gasteiger partial charge < -0.3 is 5.73 Å². The summed E-state index contributed by atoms with van der Waals surface area (Å²) in [5.41, 5.74) is 9.37. The molecule has 0 fully saturated rings. The van der Waals surface area contributed by atoms with Crippen LogP contribution in [0.3, 0.4) is 0 Å². The number of carbonyl (C=O) groups is 1. The van der Waals surface area contributed by atoms with E-state index in [1.807, 2.05) is 16.8 Å². The van der Waals surface area contributed by atoms with E-state index in [1.165, 1.54) is 11.3 Å². The number of thioether (sulfide) groups is 1. The van der Waals surface area contributed by atoms with Crippen LogP contribution in [0.4, 0.5) is 5.13 Å². The van der Waals surface area contributed by atoms with Crippen LogP contribution in [-0.4, -0.2) is 21.7 Å². The molecule has 0 spiro atoms. The highest BCUT2D eigenvalue weighted by Gasteiger charge is 2.41. The van der Waals surface area contributed by atoms with Crippen molar-refractivity contribution < 1.29 is 4.79 Å². The summed E-state index contributed by atoms with van der Waals surface area (Å²) in [7, 11) is 0. The number of ketones is 1. The van der Waals surface area contributed by atoms with Gasteiger partial charge in [0.1, 0.15) is 5.82 Å². The molecule has 27 heavy (non-hydrogen) atoms. The second kappa shape index (κ2) is 7.46. The molecule has 1 atom stereocenters. The summed E-state index contributed by atoms with van der Waals surface area (Å²) in [4.78, 5) is 14.7. The van der Waals surface area contributed by atoms with Crippen molar-refractivity contribution in [3.05, 3.63) is 45.1 Å². The second-order valence-corrected chi connectivity index (χ2v) is 9.40. The maximum absolute atomic E-state index is 12.9. The highest BCUT2D eigenvalue weighted by molar-refractivity contribution is 8.01. The van der Waals surface area contributed by atoms with E-state index in [2.05, 4.69) is 23.2 Å². The van der Waals surface area contributed by atoms with Gasteiger partial charge in [0.2, 0.25) is 5.13 Å². The molecule has 2 N–H and O–H groups in total. The average Bonchev–Trinajstić information content (AvgIpc) is 3.33. The Kier molecular flexibility index (Phi) is 5.04. The summed E-state index contributed by atoms with van der Waals surface area (Å²) in [6.45, 7) is 2.06. The van der Waals surface area contributed by atoms with Gasteiger partial charge in [-0.25, -0.2) is 0 Å². The van der Waals surface area contributed by atoms with Crippen LogP contribution in [0.2, 0.25) is 0 Å². The fourth-order valence-electron chi connectivity index (χ4n) is 3.55. The molecular weight excluding hydrogens is 398 g/mol. The summed E-state index contributed by atoms with van der Waals surface area (Å²) in [5, 5.41) is 22.9. The first-order valence-corrected chi connectivity index (χ1v) is 11.3. The molecule has 2 aromatic heterocycles. The Bertz CT molecular complexity index is 983. The van der Waals surface area contributed by atoms with E-state index in [1.54, 1.807) is 28.0 Å². The van der Waals surface area contributed by atoms with Gasteiger partial charge in [-0.3, -0.25) is 9.69 Å². The third kappa shape index (κ3) is 3.08. The molecule has 1 aliphatic carbocycles. The lowest BCUT2D eigenvalue weighted by atomic mass is 9.76. The SMILES string of the molecule is CCSc1nnc(N2C(N)=C(C#N)C(c3ccsc3)C3=C2CCCC3=O)s1. The normalized spacial score (nSPS) is 20.1. The molecule has 0 aromatic carbocycles. The number of allylic oxidation sites excluding steroid dienone is 3. The molecule has 2 aromatic rings. The highest BCUT2D eigenvalue weighted by Crippen LogP contribution is 2.47. The van der Waals surface area contributed by atoms with E-state index in [0.29, 0.717) is 28.5 Å². The second-order valence-electron chi connectivity index (χ2n) is 6.16. The van der Waals surface area contributed by atoms with E-state index in [9.17, 15) is 10.1 Å². The van der Waals surface area contributed by atoms with Crippen LogP contribution >= 0.6 is 34.4 Å². The fraction of sp³-hybridized carbons (Fsp3) is 0.333. The first-order valence-electron chi connectivity index (χ1n) is 8.60. The number of carbonyl (C=O) groups excluding carboxylic acids is 1. The van der Waals surface area contributed by atoms with E-state index >= 15 is 0 Å². The lowest BCUT2D eigenvalue weighted by Crippen LogP contribution is -2.38. The van der Waals surface area contributed by atoms with Gasteiger partial charge in [-0.2, -0.15) is 16.6 Å². The van der Waals surface area contributed by atoms with Gasteiger partial charge in [0.05, 0.1) is 17.6 Å². The minimum Gasteiger partial charge on any atom is -0.384 e. The Morgan fingerprint density at radius 1 is 1.44 bits per heavy atom. The molecule has 6 nitrogen and oxygen atoms in total. The van der Waals surface area contributed by atoms with Crippen LogP contribution < -0.4 is 10.6 Å². The lowest BCUT2D eigenvalue weighted by Gasteiger charge is -2.37.